The minimum atomic E-state index is -1.44. The average molecular weight is 372 g/mol. The molecule has 0 aromatic carbocycles. The van der Waals surface area contributed by atoms with Gasteiger partial charge in [0.05, 0.1) is 12.7 Å². The van der Waals surface area contributed by atoms with E-state index in [-0.39, 0.29) is 23.2 Å². The first kappa shape index (κ1) is 21.5. The number of carbonyl (C=O) groups excluding carboxylic acids is 1. The molecule has 0 bridgehead atoms. The molecule has 0 aromatic rings. The standard InChI is InChI=1S/C19H32O7/c1-10-7-12(21)8-19(3,4)13(10)6-5-11(2)25-18-17(24)16(23)15(22)14(9-20)26-18/h7,11,13-18,20,22-24H,5-6,8-9H2,1-4H3/t11-,13+,14+,15+,16-,17+,18+/m0/s1. The normalized spacial score (nSPS) is 38.8. The van der Waals surface area contributed by atoms with E-state index in [0.29, 0.717) is 12.8 Å². The zero-order valence-corrected chi connectivity index (χ0v) is 16.0. The van der Waals surface area contributed by atoms with Crippen molar-refractivity contribution in [2.45, 2.75) is 83.8 Å². The van der Waals surface area contributed by atoms with E-state index in [1.807, 2.05) is 13.8 Å². The quantitative estimate of drug-likeness (QED) is 0.537. The predicted molar refractivity (Wildman–Crippen MR) is 94.2 cm³/mol. The maximum atomic E-state index is 11.8. The van der Waals surface area contributed by atoms with E-state index in [4.69, 9.17) is 9.47 Å². The molecule has 7 heteroatoms. The van der Waals surface area contributed by atoms with Crippen LogP contribution in [0, 0.1) is 11.3 Å². The number of allylic oxidation sites excluding steroid dienone is 2. The highest BCUT2D eigenvalue weighted by molar-refractivity contribution is 5.91. The van der Waals surface area contributed by atoms with Gasteiger partial charge < -0.3 is 29.9 Å². The van der Waals surface area contributed by atoms with Crippen LogP contribution in [0.15, 0.2) is 11.6 Å². The van der Waals surface area contributed by atoms with Gasteiger partial charge in [-0.05, 0) is 44.1 Å². The smallest absolute Gasteiger partial charge is 0.186 e. The van der Waals surface area contributed by atoms with Crippen molar-refractivity contribution < 1.29 is 34.7 Å². The minimum Gasteiger partial charge on any atom is -0.394 e. The van der Waals surface area contributed by atoms with Gasteiger partial charge in [0.15, 0.2) is 12.1 Å². The van der Waals surface area contributed by atoms with Crippen molar-refractivity contribution >= 4 is 5.78 Å². The van der Waals surface area contributed by atoms with Gasteiger partial charge in [-0.2, -0.15) is 0 Å². The summed E-state index contributed by atoms with van der Waals surface area (Å²) in [5, 5.41) is 38.9. The van der Waals surface area contributed by atoms with Crippen LogP contribution in [-0.4, -0.2) is 69.6 Å². The molecule has 1 aliphatic heterocycles. The Morgan fingerprint density at radius 1 is 1.27 bits per heavy atom. The summed E-state index contributed by atoms with van der Waals surface area (Å²) in [5.74, 6) is 0.426. The van der Waals surface area contributed by atoms with Gasteiger partial charge in [0.1, 0.15) is 24.4 Å². The van der Waals surface area contributed by atoms with Crippen molar-refractivity contribution in [1.29, 1.82) is 0 Å². The van der Waals surface area contributed by atoms with Crippen LogP contribution in [0.25, 0.3) is 0 Å². The highest BCUT2D eigenvalue weighted by Gasteiger charge is 2.44. The van der Waals surface area contributed by atoms with Crippen LogP contribution in [0.1, 0.15) is 47.0 Å². The van der Waals surface area contributed by atoms with Crippen LogP contribution in [-0.2, 0) is 14.3 Å². The fraction of sp³-hybridized carbons (Fsp3) is 0.842. The number of rotatable bonds is 6. The predicted octanol–water partition coefficient (Wildman–Crippen LogP) is 0.533. The van der Waals surface area contributed by atoms with Crippen LogP contribution in [0.5, 0.6) is 0 Å². The molecule has 1 saturated heterocycles. The summed E-state index contributed by atoms with van der Waals surface area (Å²) in [4.78, 5) is 11.8. The van der Waals surface area contributed by atoms with E-state index in [2.05, 4.69) is 13.8 Å². The zero-order chi connectivity index (χ0) is 19.6. The fourth-order valence-electron chi connectivity index (χ4n) is 4.09. The summed E-state index contributed by atoms with van der Waals surface area (Å²) in [7, 11) is 0. The third kappa shape index (κ3) is 4.71. The van der Waals surface area contributed by atoms with Crippen LogP contribution >= 0.6 is 0 Å². The lowest BCUT2D eigenvalue weighted by Crippen LogP contribution is -2.59. The highest BCUT2D eigenvalue weighted by atomic mass is 16.7. The fourth-order valence-corrected chi connectivity index (χ4v) is 4.09. The lowest BCUT2D eigenvalue weighted by molar-refractivity contribution is -0.310. The Labute approximate surface area is 154 Å². The van der Waals surface area contributed by atoms with Crippen molar-refractivity contribution in [2.24, 2.45) is 11.3 Å². The highest BCUT2D eigenvalue weighted by Crippen LogP contribution is 2.42. The van der Waals surface area contributed by atoms with Gasteiger partial charge in [0.25, 0.3) is 0 Å². The number of ketones is 1. The van der Waals surface area contributed by atoms with Gasteiger partial charge in [0.2, 0.25) is 0 Å². The van der Waals surface area contributed by atoms with E-state index >= 15 is 0 Å². The summed E-state index contributed by atoms with van der Waals surface area (Å²) >= 11 is 0. The Morgan fingerprint density at radius 3 is 2.50 bits per heavy atom. The van der Waals surface area contributed by atoms with E-state index < -0.39 is 37.3 Å². The van der Waals surface area contributed by atoms with Gasteiger partial charge in [-0.15, -0.1) is 0 Å². The summed E-state index contributed by atoms with van der Waals surface area (Å²) in [6.07, 6.45) is -2.82. The van der Waals surface area contributed by atoms with Crippen LogP contribution in [0.4, 0.5) is 0 Å². The molecule has 7 atom stereocenters. The van der Waals surface area contributed by atoms with E-state index in [9.17, 15) is 25.2 Å². The Balaban J connectivity index is 1.93. The molecular weight excluding hydrogens is 340 g/mol. The van der Waals surface area contributed by atoms with E-state index in [0.717, 1.165) is 12.0 Å². The first-order valence-corrected chi connectivity index (χ1v) is 9.23. The molecule has 2 rings (SSSR count). The van der Waals surface area contributed by atoms with Crippen molar-refractivity contribution in [3.63, 3.8) is 0 Å². The molecule has 1 heterocycles. The Hall–Kier alpha value is -0.830. The Bertz CT molecular complexity index is 528. The molecule has 0 unspecified atom stereocenters. The molecule has 7 nitrogen and oxygen atoms in total. The Kier molecular flexibility index (Phi) is 6.98. The molecule has 2 aliphatic rings. The average Bonchev–Trinajstić information content (AvgIpc) is 2.53. The van der Waals surface area contributed by atoms with Gasteiger partial charge in [0, 0.05) is 6.42 Å². The molecule has 26 heavy (non-hydrogen) atoms. The number of aliphatic hydroxyl groups excluding tert-OH is 4. The Morgan fingerprint density at radius 2 is 1.92 bits per heavy atom. The van der Waals surface area contributed by atoms with Crippen molar-refractivity contribution in [3.8, 4) is 0 Å². The molecule has 1 aliphatic carbocycles. The maximum Gasteiger partial charge on any atom is 0.186 e. The third-order valence-electron chi connectivity index (χ3n) is 5.59. The molecule has 150 valence electrons. The van der Waals surface area contributed by atoms with E-state index in [1.54, 1.807) is 6.08 Å². The molecule has 1 fully saturated rings. The summed E-state index contributed by atoms with van der Waals surface area (Å²) in [6.45, 7) is 7.53. The van der Waals surface area contributed by atoms with Crippen molar-refractivity contribution in [2.75, 3.05) is 6.61 Å². The molecule has 0 amide bonds. The lowest BCUT2D eigenvalue weighted by atomic mass is 9.66. The van der Waals surface area contributed by atoms with Gasteiger partial charge in [-0.3, -0.25) is 4.79 Å². The van der Waals surface area contributed by atoms with Gasteiger partial charge in [-0.25, -0.2) is 0 Å². The number of hydrogen-bond donors (Lipinski definition) is 4. The number of ether oxygens (including phenoxy) is 2. The number of aliphatic hydroxyl groups is 4. The summed E-state index contributed by atoms with van der Waals surface area (Å²) in [6, 6.07) is 0. The number of carbonyl (C=O) groups is 1. The molecule has 0 spiro atoms. The van der Waals surface area contributed by atoms with Crippen LogP contribution < -0.4 is 0 Å². The van der Waals surface area contributed by atoms with Crippen molar-refractivity contribution in [1.82, 2.24) is 0 Å². The zero-order valence-electron chi connectivity index (χ0n) is 16.0. The van der Waals surface area contributed by atoms with Crippen LogP contribution in [0.2, 0.25) is 0 Å². The molecule has 0 radical (unpaired) electrons. The third-order valence-corrected chi connectivity index (χ3v) is 5.59. The maximum absolute atomic E-state index is 11.8. The topological polar surface area (TPSA) is 116 Å². The minimum absolute atomic E-state index is 0.112. The van der Waals surface area contributed by atoms with Crippen LogP contribution in [0.3, 0.4) is 0 Å². The summed E-state index contributed by atoms with van der Waals surface area (Å²) < 4.78 is 11.1. The first-order valence-electron chi connectivity index (χ1n) is 9.23. The molecule has 0 saturated carbocycles. The lowest BCUT2D eigenvalue weighted by Gasteiger charge is -2.41. The largest absolute Gasteiger partial charge is 0.394 e. The SMILES string of the molecule is CC1=CC(=O)CC(C)(C)[C@@H]1CC[C@H](C)O[C@@H]1O[C@H](CO)[C@@H](O)[C@H](O)[C@H]1O. The molecule has 0 aromatic heterocycles. The molecular formula is C19H32O7. The van der Waals surface area contributed by atoms with E-state index in [1.165, 1.54) is 0 Å². The molecule has 4 N–H and O–H groups in total. The van der Waals surface area contributed by atoms with Gasteiger partial charge >= 0.3 is 0 Å². The second kappa shape index (κ2) is 8.46. The summed E-state index contributed by atoms with van der Waals surface area (Å²) in [5.41, 5.74) is 0.963. The first-order chi connectivity index (χ1) is 12.1. The second-order valence-electron chi connectivity index (χ2n) is 8.29. The number of hydrogen-bond acceptors (Lipinski definition) is 7. The monoisotopic (exact) mass is 372 g/mol. The van der Waals surface area contributed by atoms with Crippen molar-refractivity contribution in [3.05, 3.63) is 11.6 Å². The second-order valence-corrected chi connectivity index (χ2v) is 8.29. The van der Waals surface area contributed by atoms with Gasteiger partial charge in [-0.1, -0.05) is 19.4 Å².